The summed E-state index contributed by atoms with van der Waals surface area (Å²) in [5.74, 6) is 0.0865. The summed E-state index contributed by atoms with van der Waals surface area (Å²) in [6.45, 7) is 1.35. The van der Waals surface area contributed by atoms with Gasteiger partial charge < -0.3 is 10.1 Å². The number of carbonyl (C=O) groups is 2. The molecule has 2 aromatic rings. The zero-order chi connectivity index (χ0) is 13.7. The van der Waals surface area contributed by atoms with E-state index in [0.29, 0.717) is 12.2 Å². The average molecular weight is 255 g/mol. The minimum atomic E-state index is -0.381. The molecule has 4 heteroatoms. The van der Waals surface area contributed by atoms with Crippen molar-refractivity contribution >= 4 is 29.2 Å². The molecule has 0 unspecified atom stereocenters. The van der Waals surface area contributed by atoms with Crippen LogP contribution >= 0.6 is 0 Å². The van der Waals surface area contributed by atoms with Crippen LogP contribution in [-0.2, 0) is 9.59 Å². The Morgan fingerprint density at radius 3 is 2.74 bits per heavy atom. The van der Waals surface area contributed by atoms with E-state index < -0.39 is 0 Å². The summed E-state index contributed by atoms with van der Waals surface area (Å²) in [6, 6.07) is 11.4. The molecule has 2 rings (SSSR count). The van der Waals surface area contributed by atoms with Crippen molar-refractivity contribution < 1.29 is 14.3 Å². The van der Waals surface area contributed by atoms with E-state index in [1.165, 1.54) is 13.1 Å². The molecular weight excluding hydrogens is 242 g/mol. The van der Waals surface area contributed by atoms with Gasteiger partial charge >= 0.3 is 5.97 Å². The molecule has 2 aromatic carbocycles. The van der Waals surface area contributed by atoms with Gasteiger partial charge in [-0.3, -0.25) is 9.59 Å². The molecular formula is C15H13NO3. The van der Waals surface area contributed by atoms with E-state index in [-0.39, 0.29) is 5.97 Å². The first-order chi connectivity index (χ1) is 9.22. The van der Waals surface area contributed by atoms with Crippen molar-refractivity contribution in [2.24, 2.45) is 0 Å². The quantitative estimate of drug-likeness (QED) is 0.518. The summed E-state index contributed by atoms with van der Waals surface area (Å²) < 4.78 is 5.18. The highest BCUT2D eigenvalue weighted by Gasteiger charge is 2.07. The van der Waals surface area contributed by atoms with Crippen LogP contribution in [0.3, 0.4) is 0 Å². The van der Waals surface area contributed by atoms with E-state index in [1.54, 1.807) is 12.1 Å². The van der Waals surface area contributed by atoms with Crippen molar-refractivity contribution in [2.45, 2.75) is 6.92 Å². The highest BCUT2D eigenvalue weighted by Crippen LogP contribution is 2.29. The predicted molar refractivity (Wildman–Crippen MR) is 73.5 cm³/mol. The fraction of sp³-hybridized carbons (Fsp3) is 0.0667. The summed E-state index contributed by atoms with van der Waals surface area (Å²) in [4.78, 5) is 21.4. The number of hydrogen-bond donors (Lipinski definition) is 1. The highest BCUT2D eigenvalue weighted by atomic mass is 16.5. The molecule has 0 aliphatic rings. The van der Waals surface area contributed by atoms with Crippen molar-refractivity contribution in [1.82, 2.24) is 5.32 Å². The molecule has 0 heterocycles. The van der Waals surface area contributed by atoms with Gasteiger partial charge in [0.25, 0.3) is 0 Å². The third-order valence-corrected chi connectivity index (χ3v) is 2.60. The third kappa shape index (κ3) is 2.98. The molecule has 0 aromatic heterocycles. The van der Waals surface area contributed by atoms with Crippen LogP contribution in [0.25, 0.3) is 16.8 Å². The molecule has 0 bridgehead atoms. The van der Waals surface area contributed by atoms with Crippen molar-refractivity contribution in [3.63, 3.8) is 0 Å². The standard InChI is InChI=1S/C15H13NO3/c1-11(18)19-15-7-6-12-4-2-3-5-13(12)14(15)8-9-16-10-17/h2-10H,1H3,(H,16,17). The van der Waals surface area contributed by atoms with Gasteiger partial charge in [-0.25, -0.2) is 0 Å². The van der Waals surface area contributed by atoms with Crippen LogP contribution in [0, 0.1) is 0 Å². The fourth-order valence-electron chi connectivity index (χ4n) is 1.86. The average Bonchev–Trinajstić information content (AvgIpc) is 2.40. The lowest BCUT2D eigenvalue weighted by atomic mass is 10.0. The van der Waals surface area contributed by atoms with E-state index in [2.05, 4.69) is 5.32 Å². The number of hydrogen-bond acceptors (Lipinski definition) is 3. The monoisotopic (exact) mass is 255 g/mol. The molecule has 4 nitrogen and oxygen atoms in total. The van der Waals surface area contributed by atoms with E-state index >= 15 is 0 Å². The van der Waals surface area contributed by atoms with Gasteiger partial charge in [0, 0.05) is 18.7 Å². The molecule has 0 aliphatic heterocycles. The Bertz CT molecular complexity index is 647. The summed E-state index contributed by atoms with van der Waals surface area (Å²) in [6.07, 6.45) is 3.78. The number of amides is 1. The summed E-state index contributed by atoms with van der Waals surface area (Å²) in [5, 5.41) is 4.42. The Hall–Kier alpha value is -2.62. The molecule has 96 valence electrons. The lowest BCUT2D eigenvalue weighted by Gasteiger charge is -2.09. The first-order valence-electron chi connectivity index (χ1n) is 5.79. The van der Waals surface area contributed by atoms with Crippen LogP contribution in [0.2, 0.25) is 0 Å². The van der Waals surface area contributed by atoms with Crippen LogP contribution < -0.4 is 10.1 Å². The topological polar surface area (TPSA) is 55.4 Å². The summed E-state index contributed by atoms with van der Waals surface area (Å²) in [7, 11) is 0. The van der Waals surface area contributed by atoms with Gasteiger partial charge in [-0.2, -0.15) is 0 Å². The largest absolute Gasteiger partial charge is 0.426 e. The SMILES string of the molecule is CC(=O)Oc1ccc2ccccc2c1C=CNC=O. The minimum Gasteiger partial charge on any atom is -0.426 e. The number of rotatable bonds is 4. The maximum absolute atomic E-state index is 11.1. The van der Waals surface area contributed by atoms with Crippen LogP contribution in [0.15, 0.2) is 42.6 Å². The van der Waals surface area contributed by atoms with Gasteiger partial charge in [0.2, 0.25) is 6.41 Å². The molecule has 0 saturated carbocycles. The maximum atomic E-state index is 11.1. The molecule has 0 saturated heterocycles. The predicted octanol–water partition coefficient (Wildman–Crippen LogP) is 2.48. The lowest BCUT2D eigenvalue weighted by molar-refractivity contribution is -0.131. The van der Waals surface area contributed by atoms with Gasteiger partial charge in [0.05, 0.1) is 0 Å². The normalized spacial score (nSPS) is 10.6. The van der Waals surface area contributed by atoms with Crippen LogP contribution in [0.1, 0.15) is 12.5 Å². The van der Waals surface area contributed by atoms with E-state index in [4.69, 9.17) is 4.74 Å². The first-order valence-corrected chi connectivity index (χ1v) is 5.79. The molecule has 0 atom stereocenters. The van der Waals surface area contributed by atoms with Crippen molar-refractivity contribution in [3.05, 3.63) is 48.2 Å². The Balaban J connectivity index is 2.57. The molecule has 0 aliphatic carbocycles. The Morgan fingerprint density at radius 1 is 1.21 bits per heavy atom. The van der Waals surface area contributed by atoms with Crippen LogP contribution in [0.5, 0.6) is 5.75 Å². The van der Waals surface area contributed by atoms with Gasteiger partial charge in [0.15, 0.2) is 0 Å². The van der Waals surface area contributed by atoms with Gasteiger partial charge in [-0.1, -0.05) is 30.3 Å². The zero-order valence-electron chi connectivity index (χ0n) is 10.4. The molecule has 0 radical (unpaired) electrons. The van der Waals surface area contributed by atoms with Crippen molar-refractivity contribution in [3.8, 4) is 5.75 Å². The molecule has 1 amide bonds. The smallest absolute Gasteiger partial charge is 0.308 e. The Labute approximate surface area is 110 Å². The van der Waals surface area contributed by atoms with E-state index in [0.717, 1.165) is 16.3 Å². The lowest BCUT2D eigenvalue weighted by Crippen LogP contribution is -2.03. The first kappa shape index (κ1) is 12.8. The van der Waals surface area contributed by atoms with Gasteiger partial charge in [-0.15, -0.1) is 0 Å². The summed E-state index contributed by atoms with van der Waals surface area (Å²) >= 11 is 0. The second kappa shape index (κ2) is 5.82. The van der Waals surface area contributed by atoms with Gasteiger partial charge in [0.1, 0.15) is 5.75 Å². The van der Waals surface area contributed by atoms with E-state index in [1.807, 2.05) is 30.3 Å². The second-order valence-electron chi connectivity index (χ2n) is 3.91. The number of fused-ring (bicyclic) bond motifs is 1. The number of ether oxygens (including phenoxy) is 1. The molecule has 0 fully saturated rings. The summed E-state index contributed by atoms with van der Waals surface area (Å²) in [5.41, 5.74) is 0.752. The second-order valence-corrected chi connectivity index (χ2v) is 3.91. The Kier molecular flexibility index (Phi) is 3.93. The van der Waals surface area contributed by atoms with E-state index in [9.17, 15) is 9.59 Å². The fourth-order valence-corrected chi connectivity index (χ4v) is 1.86. The number of esters is 1. The molecule has 0 spiro atoms. The number of nitrogens with one attached hydrogen (secondary N) is 1. The van der Waals surface area contributed by atoms with Crippen molar-refractivity contribution in [1.29, 1.82) is 0 Å². The van der Waals surface area contributed by atoms with Gasteiger partial charge in [-0.05, 0) is 22.9 Å². The molecule has 19 heavy (non-hydrogen) atoms. The minimum absolute atomic E-state index is 0.381. The Morgan fingerprint density at radius 2 is 2.00 bits per heavy atom. The van der Waals surface area contributed by atoms with Crippen LogP contribution in [-0.4, -0.2) is 12.4 Å². The number of benzene rings is 2. The maximum Gasteiger partial charge on any atom is 0.308 e. The highest BCUT2D eigenvalue weighted by molar-refractivity contribution is 5.94. The third-order valence-electron chi connectivity index (χ3n) is 2.60. The van der Waals surface area contributed by atoms with Crippen LogP contribution in [0.4, 0.5) is 0 Å². The molecule has 1 N–H and O–H groups in total. The number of carbonyl (C=O) groups excluding carboxylic acids is 2. The van der Waals surface area contributed by atoms with Crippen molar-refractivity contribution in [2.75, 3.05) is 0 Å². The zero-order valence-corrected chi connectivity index (χ0v) is 10.4.